The number of aliphatic hydroxyl groups is 1. The van der Waals surface area contributed by atoms with E-state index in [4.69, 9.17) is 5.11 Å². The highest BCUT2D eigenvalue weighted by molar-refractivity contribution is 9.13. The SMILES string of the molecule is OCC=Cc1cc(Br)c(Br)s1. The average Bonchev–Trinajstić information content (AvgIpc) is 2.28. The maximum Gasteiger partial charge on any atom is 0.0846 e. The van der Waals surface area contributed by atoms with Crippen LogP contribution >= 0.6 is 43.2 Å². The Morgan fingerprint density at radius 3 is 2.73 bits per heavy atom. The summed E-state index contributed by atoms with van der Waals surface area (Å²) >= 11 is 8.38. The number of halogens is 2. The lowest BCUT2D eigenvalue weighted by atomic mass is 10.4. The smallest absolute Gasteiger partial charge is 0.0846 e. The Bertz CT molecular complexity index is 248. The standard InChI is InChI=1S/C7H6Br2OS/c8-6-4-5(2-1-3-10)11-7(6)9/h1-2,4,10H,3H2. The highest BCUT2D eigenvalue weighted by atomic mass is 79.9. The zero-order valence-corrected chi connectivity index (χ0v) is 9.54. The molecule has 1 rings (SSSR count). The summed E-state index contributed by atoms with van der Waals surface area (Å²) in [6.07, 6.45) is 3.60. The maximum absolute atomic E-state index is 8.50. The molecule has 0 aliphatic rings. The van der Waals surface area contributed by atoms with E-state index in [2.05, 4.69) is 31.9 Å². The van der Waals surface area contributed by atoms with Gasteiger partial charge in [-0.15, -0.1) is 11.3 Å². The van der Waals surface area contributed by atoms with Crippen molar-refractivity contribution in [3.8, 4) is 0 Å². The second kappa shape index (κ2) is 4.40. The molecule has 1 nitrogen and oxygen atoms in total. The van der Waals surface area contributed by atoms with Gasteiger partial charge in [-0.25, -0.2) is 0 Å². The molecule has 0 atom stereocenters. The maximum atomic E-state index is 8.50. The van der Waals surface area contributed by atoms with Gasteiger partial charge in [-0.05, 0) is 44.0 Å². The third-order valence-corrected chi connectivity index (χ3v) is 4.27. The van der Waals surface area contributed by atoms with Crippen molar-refractivity contribution < 1.29 is 5.11 Å². The molecule has 1 aromatic heterocycles. The third kappa shape index (κ3) is 2.71. The summed E-state index contributed by atoms with van der Waals surface area (Å²) in [5.41, 5.74) is 0. The Morgan fingerprint density at radius 1 is 1.55 bits per heavy atom. The van der Waals surface area contributed by atoms with Crippen LogP contribution in [0.1, 0.15) is 4.88 Å². The van der Waals surface area contributed by atoms with Crippen LogP contribution in [0.3, 0.4) is 0 Å². The summed E-state index contributed by atoms with van der Waals surface area (Å²) in [4.78, 5) is 1.12. The van der Waals surface area contributed by atoms with Crippen molar-refractivity contribution >= 4 is 49.3 Å². The van der Waals surface area contributed by atoms with Crippen molar-refractivity contribution in [1.82, 2.24) is 0 Å². The molecule has 0 unspecified atom stereocenters. The summed E-state index contributed by atoms with van der Waals surface area (Å²) in [5.74, 6) is 0. The van der Waals surface area contributed by atoms with Crippen molar-refractivity contribution in [3.05, 3.63) is 25.3 Å². The first-order valence-electron chi connectivity index (χ1n) is 2.96. The van der Waals surface area contributed by atoms with Crippen molar-refractivity contribution in [1.29, 1.82) is 0 Å². The van der Waals surface area contributed by atoms with Crippen LogP contribution < -0.4 is 0 Å². The molecule has 0 aliphatic heterocycles. The third-order valence-electron chi connectivity index (χ3n) is 1.05. The van der Waals surface area contributed by atoms with E-state index in [0.717, 1.165) is 13.1 Å². The predicted octanol–water partition coefficient (Wildman–Crippen LogP) is 3.28. The molecule has 0 aliphatic carbocycles. The molecule has 1 heterocycles. The first-order chi connectivity index (χ1) is 5.24. The molecule has 1 aromatic rings. The first-order valence-corrected chi connectivity index (χ1v) is 5.36. The van der Waals surface area contributed by atoms with E-state index in [-0.39, 0.29) is 6.61 Å². The predicted molar refractivity (Wildman–Crippen MR) is 55.8 cm³/mol. The van der Waals surface area contributed by atoms with E-state index in [9.17, 15) is 0 Å². The van der Waals surface area contributed by atoms with E-state index >= 15 is 0 Å². The zero-order valence-electron chi connectivity index (χ0n) is 5.55. The van der Waals surface area contributed by atoms with Gasteiger partial charge in [0.25, 0.3) is 0 Å². The van der Waals surface area contributed by atoms with Crippen LogP contribution in [0.25, 0.3) is 6.08 Å². The summed E-state index contributed by atoms with van der Waals surface area (Å²) < 4.78 is 2.13. The number of thiophene rings is 1. The largest absolute Gasteiger partial charge is 0.392 e. The van der Waals surface area contributed by atoms with Crippen LogP contribution in [0.5, 0.6) is 0 Å². The van der Waals surface area contributed by atoms with Crippen LogP contribution in [0.15, 0.2) is 20.4 Å². The number of aliphatic hydroxyl groups excluding tert-OH is 1. The van der Waals surface area contributed by atoms with Crippen LogP contribution in [-0.2, 0) is 0 Å². The Morgan fingerprint density at radius 2 is 2.27 bits per heavy atom. The molecule has 0 saturated heterocycles. The van der Waals surface area contributed by atoms with Gasteiger partial charge >= 0.3 is 0 Å². The average molecular weight is 298 g/mol. The fourth-order valence-electron chi connectivity index (χ4n) is 0.614. The van der Waals surface area contributed by atoms with Gasteiger partial charge in [0.05, 0.1) is 10.4 Å². The van der Waals surface area contributed by atoms with Gasteiger partial charge in [-0.2, -0.15) is 0 Å². The Balaban J connectivity index is 2.80. The molecule has 60 valence electrons. The van der Waals surface area contributed by atoms with E-state index < -0.39 is 0 Å². The summed E-state index contributed by atoms with van der Waals surface area (Å²) in [7, 11) is 0. The second-order valence-electron chi connectivity index (χ2n) is 1.86. The van der Waals surface area contributed by atoms with Gasteiger partial charge < -0.3 is 5.11 Å². The van der Waals surface area contributed by atoms with Crippen molar-refractivity contribution in [3.63, 3.8) is 0 Å². The quantitative estimate of drug-likeness (QED) is 0.888. The van der Waals surface area contributed by atoms with Crippen molar-refractivity contribution in [2.24, 2.45) is 0 Å². The molecular weight excluding hydrogens is 292 g/mol. The molecule has 0 amide bonds. The molecule has 0 fully saturated rings. The molecule has 0 radical (unpaired) electrons. The molecule has 4 heteroatoms. The first kappa shape index (κ1) is 9.45. The normalized spacial score (nSPS) is 11.2. The van der Waals surface area contributed by atoms with Gasteiger partial charge in [0, 0.05) is 9.35 Å². The molecule has 11 heavy (non-hydrogen) atoms. The Kier molecular flexibility index (Phi) is 3.78. The topological polar surface area (TPSA) is 20.2 Å². The minimum atomic E-state index is 0.0904. The summed E-state index contributed by atoms with van der Waals surface area (Å²) in [6, 6.07) is 2.00. The Labute approximate surface area is 86.0 Å². The lowest BCUT2D eigenvalue weighted by molar-refractivity contribution is 0.343. The summed E-state index contributed by atoms with van der Waals surface area (Å²) in [5, 5.41) is 8.50. The fraction of sp³-hybridized carbons (Fsp3) is 0.143. The number of hydrogen-bond donors (Lipinski definition) is 1. The molecule has 1 N–H and O–H groups in total. The van der Waals surface area contributed by atoms with E-state index in [1.807, 2.05) is 12.1 Å². The zero-order chi connectivity index (χ0) is 8.27. The lowest BCUT2D eigenvalue weighted by Crippen LogP contribution is -1.68. The van der Waals surface area contributed by atoms with Crippen molar-refractivity contribution in [2.75, 3.05) is 6.61 Å². The fourth-order valence-corrected chi connectivity index (χ4v) is 2.63. The van der Waals surface area contributed by atoms with Crippen LogP contribution in [0.4, 0.5) is 0 Å². The molecule has 0 saturated carbocycles. The molecule has 0 bridgehead atoms. The van der Waals surface area contributed by atoms with Gasteiger partial charge in [-0.1, -0.05) is 6.08 Å². The van der Waals surface area contributed by atoms with Crippen molar-refractivity contribution in [2.45, 2.75) is 0 Å². The van der Waals surface area contributed by atoms with Crippen LogP contribution in [0, 0.1) is 0 Å². The lowest BCUT2D eigenvalue weighted by Gasteiger charge is -1.79. The van der Waals surface area contributed by atoms with E-state index in [1.54, 1.807) is 17.4 Å². The molecular formula is C7H6Br2OS. The van der Waals surface area contributed by atoms with Crippen LogP contribution in [0.2, 0.25) is 0 Å². The molecule has 0 spiro atoms. The van der Waals surface area contributed by atoms with Crippen LogP contribution in [-0.4, -0.2) is 11.7 Å². The highest BCUT2D eigenvalue weighted by Crippen LogP contribution is 2.32. The second-order valence-corrected chi connectivity index (χ2v) is 5.11. The Hall–Kier alpha value is 0.360. The van der Waals surface area contributed by atoms with Gasteiger partial charge in [0.2, 0.25) is 0 Å². The van der Waals surface area contributed by atoms with Gasteiger partial charge in [-0.3, -0.25) is 0 Å². The van der Waals surface area contributed by atoms with E-state index in [1.165, 1.54) is 0 Å². The molecule has 0 aromatic carbocycles. The number of hydrogen-bond acceptors (Lipinski definition) is 2. The highest BCUT2D eigenvalue weighted by Gasteiger charge is 1.99. The minimum Gasteiger partial charge on any atom is -0.392 e. The summed E-state index contributed by atoms with van der Waals surface area (Å²) in [6.45, 7) is 0.0904. The van der Waals surface area contributed by atoms with E-state index in [0.29, 0.717) is 0 Å². The number of rotatable bonds is 2. The minimum absolute atomic E-state index is 0.0904. The van der Waals surface area contributed by atoms with Gasteiger partial charge in [0.1, 0.15) is 0 Å². The monoisotopic (exact) mass is 296 g/mol. The van der Waals surface area contributed by atoms with Gasteiger partial charge in [0.15, 0.2) is 0 Å².